The minimum absolute atomic E-state index is 0.00563. The first-order valence-corrected chi connectivity index (χ1v) is 10.1. The predicted octanol–water partition coefficient (Wildman–Crippen LogP) is 2.03. The van der Waals surface area contributed by atoms with Crippen molar-refractivity contribution in [2.24, 2.45) is 13.0 Å². The highest BCUT2D eigenvalue weighted by Gasteiger charge is 2.26. The number of piperidine rings is 1. The van der Waals surface area contributed by atoms with Crippen molar-refractivity contribution >= 4 is 22.7 Å². The van der Waals surface area contributed by atoms with Gasteiger partial charge in [0.1, 0.15) is 5.78 Å². The number of Topliss-reactive ketones (excluding diaryl/α,β-unsaturated/α-hetero) is 1. The fourth-order valence-corrected chi connectivity index (χ4v) is 3.85. The van der Waals surface area contributed by atoms with E-state index in [0.717, 1.165) is 53.8 Å². The average Bonchev–Trinajstić information content (AvgIpc) is 3.20. The van der Waals surface area contributed by atoms with Crippen LogP contribution in [0.15, 0.2) is 36.8 Å². The largest absolute Gasteiger partial charge is 0.468 e. The quantitative estimate of drug-likeness (QED) is 0.578. The maximum Gasteiger partial charge on any atom is 0.319 e. The van der Waals surface area contributed by atoms with Crippen molar-refractivity contribution in [3.63, 3.8) is 0 Å². The average molecular weight is 407 g/mol. The Kier molecular flexibility index (Phi) is 5.85. The van der Waals surface area contributed by atoms with Crippen LogP contribution >= 0.6 is 0 Å². The lowest BCUT2D eigenvalue weighted by Crippen LogP contribution is -2.39. The van der Waals surface area contributed by atoms with Crippen LogP contribution in [-0.2, 0) is 27.8 Å². The van der Waals surface area contributed by atoms with E-state index in [1.807, 2.05) is 36.3 Å². The number of hydrogen-bond donors (Lipinski definition) is 0. The zero-order chi connectivity index (χ0) is 21.1. The van der Waals surface area contributed by atoms with Crippen LogP contribution in [0.1, 0.15) is 18.5 Å². The van der Waals surface area contributed by atoms with Gasteiger partial charge in [0.15, 0.2) is 0 Å². The first-order chi connectivity index (χ1) is 14.5. The molecule has 3 aromatic heterocycles. The van der Waals surface area contributed by atoms with Gasteiger partial charge in [-0.05, 0) is 44.1 Å². The van der Waals surface area contributed by atoms with Crippen LogP contribution in [0.2, 0.25) is 0 Å². The predicted molar refractivity (Wildman–Crippen MR) is 112 cm³/mol. The van der Waals surface area contributed by atoms with Gasteiger partial charge in [0, 0.05) is 48.4 Å². The number of nitrogens with zero attached hydrogens (tertiary/aromatic N) is 5. The molecule has 8 nitrogen and oxygen atoms in total. The summed E-state index contributed by atoms with van der Waals surface area (Å²) < 4.78 is 6.46. The number of aryl methyl sites for hydroxylation is 1. The maximum atomic E-state index is 12.8. The lowest BCUT2D eigenvalue weighted by molar-refractivity contribution is -0.142. The number of esters is 1. The molecule has 4 rings (SSSR count). The van der Waals surface area contributed by atoms with E-state index in [9.17, 15) is 9.59 Å². The van der Waals surface area contributed by atoms with Crippen molar-refractivity contribution < 1.29 is 14.3 Å². The van der Waals surface area contributed by atoms with E-state index in [1.54, 1.807) is 17.1 Å². The van der Waals surface area contributed by atoms with E-state index in [0.29, 0.717) is 6.42 Å². The van der Waals surface area contributed by atoms with E-state index in [-0.39, 0.29) is 24.2 Å². The molecule has 3 aromatic rings. The molecule has 0 amide bonds. The zero-order valence-electron chi connectivity index (χ0n) is 17.2. The molecule has 1 fully saturated rings. The van der Waals surface area contributed by atoms with Crippen LogP contribution < -0.4 is 0 Å². The molecule has 1 aliphatic rings. The highest BCUT2D eigenvalue weighted by atomic mass is 16.5. The summed E-state index contributed by atoms with van der Waals surface area (Å²) in [7, 11) is 3.27. The number of methoxy groups -OCH3 is 1. The second-order valence-corrected chi connectivity index (χ2v) is 7.74. The molecule has 156 valence electrons. The summed E-state index contributed by atoms with van der Waals surface area (Å²) in [6.45, 7) is 1.74. The molecule has 1 aliphatic heterocycles. The lowest BCUT2D eigenvalue weighted by atomic mass is 9.90. The van der Waals surface area contributed by atoms with Crippen LogP contribution in [0.4, 0.5) is 0 Å². The standard InChI is InChI=1S/C22H25N5O3/c1-26-13-17(12-24-26)19-4-3-16-11-23-18(9-20(16)25-19)10-21(28)15-5-7-27(8-6-15)14-22(29)30-2/h3-4,9,11-13,15H,5-8,10,14H2,1-2H3. The third-order valence-electron chi connectivity index (χ3n) is 5.61. The van der Waals surface area contributed by atoms with Crippen molar-refractivity contribution in [1.29, 1.82) is 0 Å². The topological polar surface area (TPSA) is 90.2 Å². The molecule has 0 bridgehead atoms. The van der Waals surface area contributed by atoms with Gasteiger partial charge in [0.25, 0.3) is 0 Å². The molecule has 0 radical (unpaired) electrons. The summed E-state index contributed by atoms with van der Waals surface area (Å²) in [6, 6.07) is 5.84. The molecular weight excluding hydrogens is 382 g/mol. The number of ketones is 1. The second kappa shape index (κ2) is 8.71. The lowest BCUT2D eigenvalue weighted by Gasteiger charge is -2.30. The highest BCUT2D eigenvalue weighted by molar-refractivity contribution is 5.85. The van der Waals surface area contributed by atoms with Crippen LogP contribution in [0.25, 0.3) is 22.2 Å². The Hall–Kier alpha value is -3.13. The van der Waals surface area contributed by atoms with Crippen molar-refractivity contribution in [1.82, 2.24) is 24.6 Å². The van der Waals surface area contributed by atoms with Gasteiger partial charge in [-0.3, -0.25) is 24.2 Å². The summed E-state index contributed by atoms with van der Waals surface area (Å²) in [5, 5.41) is 5.14. The molecule has 0 aliphatic carbocycles. The number of likely N-dealkylation sites (tertiary alicyclic amines) is 1. The molecule has 8 heteroatoms. The first-order valence-electron chi connectivity index (χ1n) is 10.1. The van der Waals surface area contributed by atoms with Gasteiger partial charge >= 0.3 is 5.97 Å². The van der Waals surface area contributed by atoms with Crippen molar-refractivity contribution in [2.75, 3.05) is 26.7 Å². The minimum Gasteiger partial charge on any atom is -0.468 e. The fraction of sp³-hybridized carbons (Fsp3) is 0.409. The normalized spacial score (nSPS) is 15.4. The van der Waals surface area contributed by atoms with Gasteiger partial charge in [-0.25, -0.2) is 4.98 Å². The second-order valence-electron chi connectivity index (χ2n) is 7.74. The van der Waals surface area contributed by atoms with Gasteiger partial charge < -0.3 is 4.74 Å². The molecule has 30 heavy (non-hydrogen) atoms. The third kappa shape index (κ3) is 4.54. The van der Waals surface area contributed by atoms with Crippen LogP contribution in [-0.4, -0.2) is 63.1 Å². The summed E-state index contributed by atoms with van der Waals surface area (Å²) in [4.78, 5) is 35.4. The van der Waals surface area contributed by atoms with E-state index in [2.05, 4.69) is 10.1 Å². The number of fused-ring (bicyclic) bond motifs is 1. The fourth-order valence-electron chi connectivity index (χ4n) is 3.85. The monoisotopic (exact) mass is 407 g/mol. The summed E-state index contributed by atoms with van der Waals surface area (Å²) in [5.41, 5.74) is 3.35. The molecule has 0 N–H and O–H groups in total. The Morgan fingerprint density at radius 3 is 2.70 bits per heavy atom. The van der Waals surface area contributed by atoms with Gasteiger partial charge in [-0.1, -0.05) is 0 Å². The number of carbonyl (C=O) groups excluding carboxylic acids is 2. The Bertz CT molecular complexity index is 1070. The van der Waals surface area contributed by atoms with E-state index >= 15 is 0 Å². The van der Waals surface area contributed by atoms with E-state index < -0.39 is 0 Å². The van der Waals surface area contributed by atoms with Gasteiger partial charge in [0.2, 0.25) is 0 Å². The summed E-state index contributed by atoms with van der Waals surface area (Å²) in [5.74, 6) is -0.0349. The highest BCUT2D eigenvalue weighted by Crippen LogP contribution is 2.23. The van der Waals surface area contributed by atoms with Crippen LogP contribution in [0.3, 0.4) is 0 Å². The Labute approximate surface area is 174 Å². The molecule has 0 aromatic carbocycles. The van der Waals surface area contributed by atoms with Crippen molar-refractivity contribution in [2.45, 2.75) is 19.3 Å². The molecule has 0 atom stereocenters. The van der Waals surface area contributed by atoms with Gasteiger partial charge in [-0.15, -0.1) is 0 Å². The summed E-state index contributed by atoms with van der Waals surface area (Å²) >= 11 is 0. The maximum absolute atomic E-state index is 12.8. The van der Waals surface area contributed by atoms with E-state index in [1.165, 1.54) is 7.11 Å². The number of carbonyl (C=O) groups is 2. The number of rotatable bonds is 6. The van der Waals surface area contributed by atoms with Crippen LogP contribution in [0.5, 0.6) is 0 Å². The number of pyridine rings is 2. The third-order valence-corrected chi connectivity index (χ3v) is 5.61. The Morgan fingerprint density at radius 2 is 2.00 bits per heavy atom. The first kappa shape index (κ1) is 20.2. The van der Waals surface area contributed by atoms with Gasteiger partial charge in [0.05, 0.1) is 31.1 Å². The SMILES string of the molecule is COC(=O)CN1CCC(C(=O)Cc2cc3nc(-c4cnn(C)c4)ccc3cn2)CC1. The Balaban J connectivity index is 1.42. The smallest absolute Gasteiger partial charge is 0.319 e. The number of ether oxygens (including phenoxy) is 1. The zero-order valence-corrected chi connectivity index (χ0v) is 17.2. The summed E-state index contributed by atoms with van der Waals surface area (Å²) in [6.07, 6.45) is 7.30. The van der Waals surface area contributed by atoms with Crippen molar-refractivity contribution in [3.8, 4) is 11.3 Å². The van der Waals surface area contributed by atoms with Crippen molar-refractivity contribution in [3.05, 3.63) is 42.5 Å². The van der Waals surface area contributed by atoms with E-state index in [4.69, 9.17) is 9.72 Å². The molecular formula is C22H25N5O3. The molecule has 1 saturated heterocycles. The molecule has 0 unspecified atom stereocenters. The number of hydrogen-bond acceptors (Lipinski definition) is 7. The number of aromatic nitrogens is 4. The molecule has 4 heterocycles. The Morgan fingerprint density at radius 1 is 1.20 bits per heavy atom. The molecule has 0 saturated carbocycles. The van der Waals surface area contributed by atoms with Gasteiger partial charge in [-0.2, -0.15) is 5.10 Å². The molecule has 0 spiro atoms. The minimum atomic E-state index is -0.238. The van der Waals surface area contributed by atoms with Crippen LogP contribution in [0, 0.1) is 5.92 Å².